The first-order valence-electron chi connectivity index (χ1n) is 13.5. The Morgan fingerprint density at radius 3 is 2.07 bits per heavy atom. The van der Waals surface area contributed by atoms with Crippen LogP contribution in [0.1, 0.15) is 65.7 Å². The molecule has 3 aromatic rings. The average molecular weight is 609 g/mol. The molecule has 5 atom stereocenters. The Morgan fingerprint density at radius 2 is 1.42 bits per heavy atom. The molecule has 2 aromatic carbocycles. The summed E-state index contributed by atoms with van der Waals surface area (Å²) in [4.78, 5) is 61.8. The maximum Gasteiger partial charge on any atom is 0.305 e. The first-order valence-corrected chi connectivity index (χ1v) is 14.4. The fourth-order valence-electron chi connectivity index (χ4n) is 4.99. The molecule has 1 saturated heterocycles. The standard InChI is InChI=1S/C32H32O10S/c1-17-10-11-22(14-24(17)15-25-12-13-27(43-25)26-9-7-6-8-23(26)16-33)28-29(38-18(2)34)30(39-19(3)35)31(40-20(4)36)32(42-28)41-21(5)37/h6-14,16,28-32H,15H2,1-5H3. The molecule has 226 valence electrons. The minimum Gasteiger partial charge on any atom is -0.455 e. The van der Waals surface area contributed by atoms with E-state index in [0.717, 1.165) is 53.5 Å². The third kappa shape index (κ3) is 7.74. The van der Waals surface area contributed by atoms with Crippen molar-refractivity contribution in [3.8, 4) is 10.4 Å². The molecule has 1 aromatic heterocycles. The van der Waals surface area contributed by atoms with Gasteiger partial charge < -0.3 is 23.7 Å². The van der Waals surface area contributed by atoms with Crippen LogP contribution in [0.2, 0.25) is 0 Å². The molecule has 0 bridgehead atoms. The molecule has 11 heteroatoms. The average Bonchev–Trinajstić information content (AvgIpc) is 3.40. The summed E-state index contributed by atoms with van der Waals surface area (Å²) in [5, 5.41) is 0. The lowest BCUT2D eigenvalue weighted by Gasteiger charge is -2.44. The fraction of sp³-hybridized carbons (Fsp3) is 0.344. The van der Waals surface area contributed by atoms with Crippen LogP contribution in [0.25, 0.3) is 10.4 Å². The maximum atomic E-state index is 12.2. The Labute approximate surface area is 252 Å². The van der Waals surface area contributed by atoms with E-state index in [-0.39, 0.29) is 0 Å². The molecule has 0 N–H and O–H groups in total. The summed E-state index contributed by atoms with van der Waals surface area (Å²) < 4.78 is 27.9. The van der Waals surface area contributed by atoms with Crippen LogP contribution in [0.4, 0.5) is 0 Å². The van der Waals surface area contributed by atoms with Gasteiger partial charge in [-0.05, 0) is 35.7 Å². The summed E-state index contributed by atoms with van der Waals surface area (Å²) >= 11 is 1.57. The number of carbonyl (C=O) groups excluding carboxylic acids is 5. The Morgan fingerprint density at radius 1 is 0.791 bits per heavy atom. The zero-order valence-corrected chi connectivity index (χ0v) is 25.2. The Hall–Kier alpha value is -4.35. The Balaban J connectivity index is 1.72. The van der Waals surface area contributed by atoms with Gasteiger partial charge in [0.25, 0.3) is 0 Å². The van der Waals surface area contributed by atoms with Gasteiger partial charge in [0.2, 0.25) is 12.4 Å². The first-order chi connectivity index (χ1) is 20.5. The summed E-state index contributed by atoms with van der Waals surface area (Å²) in [6.07, 6.45) is -5.08. The van der Waals surface area contributed by atoms with Crippen LogP contribution in [0.15, 0.2) is 54.6 Å². The van der Waals surface area contributed by atoms with Gasteiger partial charge in [-0.1, -0.05) is 42.5 Å². The molecule has 10 nitrogen and oxygen atoms in total. The number of aryl methyl sites for hydroxylation is 1. The minimum absolute atomic E-state index is 0.551. The van der Waals surface area contributed by atoms with Crippen molar-refractivity contribution in [2.45, 2.75) is 71.7 Å². The highest BCUT2D eigenvalue weighted by Crippen LogP contribution is 2.39. The van der Waals surface area contributed by atoms with E-state index in [1.54, 1.807) is 23.5 Å². The summed E-state index contributed by atoms with van der Waals surface area (Å²) in [6.45, 7) is 6.62. The smallest absolute Gasteiger partial charge is 0.305 e. The van der Waals surface area contributed by atoms with Gasteiger partial charge in [-0.25, -0.2) is 0 Å². The van der Waals surface area contributed by atoms with Crippen molar-refractivity contribution in [3.05, 3.63) is 81.7 Å². The lowest BCUT2D eigenvalue weighted by Crippen LogP contribution is -2.59. The number of ether oxygens (including phenoxy) is 5. The van der Waals surface area contributed by atoms with Crippen molar-refractivity contribution in [3.63, 3.8) is 0 Å². The lowest BCUT2D eigenvalue weighted by atomic mass is 9.90. The topological polar surface area (TPSA) is 132 Å². The van der Waals surface area contributed by atoms with Gasteiger partial charge in [0, 0.05) is 55.0 Å². The third-order valence-corrected chi connectivity index (χ3v) is 7.88. The number of esters is 4. The molecule has 1 aliphatic heterocycles. The number of carbonyl (C=O) groups is 5. The van der Waals surface area contributed by atoms with Crippen LogP contribution < -0.4 is 0 Å². The van der Waals surface area contributed by atoms with E-state index in [1.807, 2.05) is 49.4 Å². The van der Waals surface area contributed by atoms with Crippen LogP contribution >= 0.6 is 11.3 Å². The van der Waals surface area contributed by atoms with E-state index >= 15 is 0 Å². The zero-order chi connectivity index (χ0) is 31.3. The molecule has 0 saturated carbocycles. The van der Waals surface area contributed by atoms with Crippen molar-refractivity contribution < 1.29 is 47.7 Å². The summed E-state index contributed by atoms with van der Waals surface area (Å²) in [5.74, 6) is -2.87. The van der Waals surface area contributed by atoms with Gasteiger partial charge in [0.15, 0.2) is 18.5 Å². The predicted octanol–water partition coefficient (Wildman–Crippen LogP) is 4.88. The van der Waals surface area contributed by atoms with Crippen LogP contribution in [0.5, 0.6) is 0 Å². The third-order valence-electron chi connectivity index (χ3n) is 6.76. The molecule has 5 unspecified atom stereocenters. The Kier molecular flexibility index (Phi) is 10.1. The van der Waals surface area contributed by atoms with Gasteiger partial charge in [-0.15, -0.1) is 11.3 Å². The predicted molar refractivity (Wildman–Crippen MR) is 155 cm³/mol. The van der Waals surface area contributed by atoms with Crippen molar-refractivity contribution in [1.82, 2.24) is 0 Å². The van der Waals surface area contributed by atoms with Gasteiger partial charge in [0.05, 0.1) is 0 Å². The molecule has 0 radical (unpaired) electrons. The SMILES string of the molecule is CC(=O)OC1OC(c2ccc(C)c(Cc3ccc(-c4ccccc4C=O)s3)c2)C(OC(C)=O)C(OC(C)=O)C1OC(C)=O. The van der Waals surface area contributed by atoms with Gasteiger partial charge in [0.1, 0.15) is 6.10 Å². The minimum atomic E-state index is -1.45. The highest BCUT2D eigenvalue weighted by atomic mass is 32.1. The van der Waals surface area contributed by atoms with Crippen LogP contribution in [0, 0.1) is 6.92 Å². The van der Waals surface area contributed by atoms with Crippen LogP contribution in [0.3, 0.4) is 0 Å². The monoisotopic (exact) mass is 608 g/mol. The van der Waals surface area contributed by atoms with Crippen molar-refractivity contribution >= 4 is 41.5 Å². The molecule has 4 rings (SSSR count). The second kappa shape index (κ2) is 13.7. The molecular weight excluding hydrogens is 576 g/mol. The highest BCUT2D eigenvalue weighted by Gasteiger charge is 2.53. The van der Waals surface area contributed by atoms with Crippen molar-refractivity contribution in [2.24, 2.45) is 0 Å². The molecule has 1 fully saturated rings. The largest absolute Gasteiger partial charge is 0.455 e. The van der Waals surface area contributed by atoms with E-state index < -0.39 is 54.6 Å². The normalized spacial score (nSPS) is 21.4. The lowest BCUT2D eigenvalue weighted by molar-refractivity contribution is -0.298. The first kappa shape index (κ1) is 31.6. The summed E-state index contributed by atoms with van der Waals surface area (Å²) in [6, 6.07) is 16.9. The van der Waals surface area contributed by atoms with E-state index in [1.165, 1.54) is 6.92 Å². The van der Waals surface area contributed by atoms with Gasteiger partial charge >= 0.3 is 23.9 Å². The molecule has 0 amide bonds. The zero-order valence-electron chi connectivity index (χ0n) is 24.4. The van der Waals surface area contributed by atoms with E-state index in [2.05, 4.69) is 0 Å². The fourth-order valence-corrected chi connectivity index (χ4v) is 6.07. The summed E-state index contributed by atoms with van der Waals surface area (Å²) in [7, 11) is 0. The van der Waals surface area contributed by atoms with Gasteiger partial charge in [-0.2, -0.15) is 0 Å². The quantitative estimate of drug-likeness (QED) is 0.188. The van der Waals surface area contributed by atoms with E-state index in [4.69, 9.17) is 23.7 Å². The van der Waals surface area contributed by atoms with E-state index in [9.17, 15) is 24.0 Å². The molecule has 0 spiro atoms. The number of aldehydes is 1. The molecular formula is C32H32O10S. The summed E-state index contributed by atoms with van der Waals surface area (Å²) in [5.41, 5.74) is 3.95. The molecule has 1 aliphatic rings. The number of hydrogen-bond donors (Lipinski definition) is 0. The second-order valence-electron chi connectivity index (χ2n) is 10.1. The highest BCUT2D eigenvalue weighted by molar-refractivity contribution is 7.15. The van der Waals surface area contributed by atoms with Crippen molar-refractivity contribution in [1.29, 1.82) is 0 Å². The number of thiophene rings is 1. The van der Waals surface area contributed by atoms with E-state index in [0.29, 0.717) is 17.5 Å². The number of rotatable bonds is 9. The molecule has 43 heavy (non-hydrogen) atoms. The maximum absolute atomic E-state index is 12.2. The molecule has 0 aliphatic carbocycles. The number of benzene rings is 2. The Bertz CT molecular complexity index is 1530. The van der Waals surface area contributed by atoms with Crippen LogP contribution in [-0.2, 0) is 49.3 Å². The second-order valence-corrected chi connectivity index (χ2v) is 11.3. The molecule has 2 heterocycles. The van der Waals surface area contributed by atoms with Crippen LogP contribution in [-0.4, -0.2) is 54.8 Å². The van der Waals surface area contributed by atoms with Crippen molar-refractivity contribution in [2.75, 3.05) is 0 Å². The van der Waals surface area contributed by atoms with Gasteiger partial charge in [-0.3, -0.25) is 24.0 Å². The number of hydrogen-bond acceptors (Lipinski definition) is 11.